The highest BCUT2D eigenvalue weighted by molar-refractivity contribution is 7.89. The fraction of sp³-hybridized carbons (Fsp3) is 0.500. The molecule has 1 aromatic rings. The van der Waals surface area contributed by atoms with Gasteiger partial charge in [0.1, 0.15) is 0 Å². The summed E-state index contributed by atoms with van der Waals surface area (Å²) in [6, 6.07) is 7.25. The molecule has 4 nitrogen and oxygen atoms in total. The summed E-state index contributed by atoms with van der Waals surface area (Å²) in [4.78, 5) is 0. The molecule has 0 radical (unpaired) electrons. The summed E-state index contributed by atoms with van der Waals surface area (Å²) in [7, 11) is -1.66. The van der Waals surface area contributed by atoms with Crippen LogP contribution in [0.2, 0.25) is 5.02 Å². The molecule has 6 heteroatoms. The molecule has 18 heavy (non-hydrogen) atoms. The number of sulfonamides is 1. The molecule has 0 saturated carbocycles. The fourth-order valence-corrected chi connectivity index (χ4v) is 2.96. The van der Waals surface area contributed by atoms with Crippen molar-refractivity contribution in [3.8, 4) is 0 Å². The molecule has 1 rings (SSSR count). The molecule has 0 heterocycles. The van der Waals surface area contributed by atoms with E-state index in [2.05, 4.69) is 0 Å². The van der Waals surface area contributed by atoms with Gasteiger partial charge in [0, 0.05) is 18.6 Å². The number of unbranched alkanes of at least 4 members (excludes halogenated alkanes) is 1. The highest BCUT2D eigenvalue weighted by atomic mass is 35.5. The van der Waals surface area contributed by atoms with E-state index in [0.29, 0.717) is 24.5 Å². The van der Waals surface area contributed by atoms with E-state index in [9.17, 15) is 8.42 Å². The second-order valence-electron chi connectivity index (χ2n) is 4.16. The Kier molecular flexibility index (Phi) is 6.08. The minimum Gasteiger partial charge on any atom is -0.330 e. The first kappa shape index (κ1) is 15.4. The van der Waals surface area contributed by atoms with Crippen LogP contribution in [-0.4, -0.2) is 32.1 Å². The largest absolute Gasteiger partial charge is 0.330 e. The lowest BCUT2D eigenvalue weighted by Gasteiger charge is -2.17. The predicted octanol–water partition coefficient (Wildman–Crippen LogP) is 1.84. The highest BCUT2D eigenvalue weighted by Crippen LogP contribution is 2.18. The normalized spacial score (nSPS) is 12.0. The maximum atomic E-state index is 12.0. The van der Waals surface area contributed by atoms with Gasteiger partial charge in [-0.3, -0.25) is 0 Å². The molecule has 0 unspecified atom stereocenters. The average Bonchev–Trinajstić information content (AvgIpc) is 2.32. The number of benzene rings is 1. The summed E-state index contributed by atoms with van der Waals surface area (Å²) >= 11 is 6.01. The highest BCUT2D eigenvalue weighted by Gasteiger charge is 2.18. The lowest BCUT2D eigenvalue weighted by molar-refractivity contribution is 0.465. The smallest absolute Gasteiger partial charge is 0.214 e. The van der Waals surface area contributed by atoms with E-state index in [-0.39, 0.29) is 5.75 Å². The summed E-state index contributed by atoms with van der Waals surface area (Å²) in [5, 5.41) is 0.585. The molecule has 0 spiro atoms. The monoisotopic (exact) mass is 290 g/mol. The maximum Gasteiger partial charge on any atom is 0.214 e. The third kappa shape index (κ3) is 4.57. The lowest BCUT2D eigenvalue weighted by atomic mass is 10.2. The molecule has 0 fully saturated rings. The first-order chi connectivity index (χ1) is 8.47. The second-order valence-corrected chi connectivity index (χ2v) is 6.76. The van der Waals surface area contributed by atoms with E-state index in [1.165, 1.54) is 4.31 Å². The fourth-order valence-electron chi connectivity index (χ4n) is 1.55. The Bertz CT molecular complexity index is 477. The van der Waals surface area contributed by atoms with Crippen LogP contribution < -0.4 is 5.73 Å². The Labute approximate surface area is 114 Å². The second kappa shape index (κ2) is 7.09. The van der Waals surface area contributed by atoms with Crippen LogP contribution in [0.5, 0.6) is 0 Å². The van der Waals surface area contributed by atoms with Crippen LogP contribution in [0.4, 0.5) is 0 Å². The number of halogens is 1. The molecule has 0 bridgehead atoms. The molecular weight excluding hydrogens is 272 g/mol. The summed E-state index contributed by atoms with van der Waals surface area (Å²) in [6.07, 6.45) is 1.31. The average molecular weight is 291 g/mol. The minimum absolute atomic E-state index is 0.130. The van der Waals surface area contributed by atoms with E-state index >= 15 is 0 Å². The summed E-state index contributed by atoms with van der Waals surface area (Å²) in [6.45, 7) is 0.814. The van der Waals surface area contributed by atoms with E-state index < -0.39 is 10.0 Å². The Morgan fingerprint density at radius 3 is 2.56 bits per heavy atom. The van der Waals surface area contributed by atoms with Crippen LogP contribution in [-0.2, 0) is 16.6 Å². The topological polar surface area (TPSA) is 63.4 Å². The number of rotatable bonds is 7. The van der Waals surface area contributed by atoms with Crippen LogP contribution in [0.1, 0.15) is 18.4 Å². The molecular formula is C12H19ClN2O2S. The third-order valence-corrected chi connectivity index (χ3v) is 4.93. The van der Waals surface area contributed by atoms with Crippen molar-refractivity contribution in [3.63, 3.8) is 0 Å². The summed E-state index contributed by atoms with van der Waals surface area (Å²) < 4.78 is 25.3. The Balaban J connectivity index is 2.64. The zero-order valence-corrected chi connectivity index (χ0v) is 12.0. The summed E-state index contributed by atoms with van der Waals surface area (Å²) in [5.74, 6) is 0.130. The van der Waals surface area contributed by atoms with Crippen molar-refractivity contribution in [2.75, 3.05) is 19.3 Å². The van der Waals surface area contributed by atoms with Gasteiger partial charge in [0.05, 0.1) is 5.75 Å². The van der Waals surface area contributed by atoms with Crippen LogP contribution in [0.15, 0.2) is 24.3 Å². The Morgan fingerprint density at radius 2 is 1.94 bits per heavy atom. The van der Waals surface area contributed by atoms with Gasteiger partial charge in [-0.15, -0.1) is 0 Å². The lowest BCUT2D eigenvalue weighted by Crippen LogP contribution is -2.29. The molecule has 0 aromatic heterocycles. The molecule has 2 N–H and O–H groups in total. The van der Waals surface area contributed by atoms with Crippen LogP contribution in [0.25, 0.3) is 0 Å². The Morgan fingerprint density at radius 1 is 1.28 bits per heavy atom. The molecule has 0 saturated heterocycles. The van der Waals surface area contributed by atoms with Gasteiger partial charge in [-0.2, -0.15) is 0 Å². The summed E-state index contributed by atoms with van der Waals surface area (Å²) in [5.41, 5.74) is 6.16. The number of hydrogen-bond acceptors (Lipinski definition) is 3. The van der Waals surface area contributed by atoms with Gasteiger partial charge in [-0.1, -0.05) is 29.8 Å². The van der Waals surface area contributed by atoms with Gasteiger partial charge in [-0.05, 0) is 31.0 Å². The number of nitrogens with zero attached hydrogens (tertiary/aromatic N) is 1. The van der Waals surface area contributed by atoms with Gasteiger partial charge in [0.2, 0.25) is 10.0 Å². The third-order valence-electron chi connectivity index (χ3n) is 2.68. The van der Waals surface area contributed by atoms with E-state index in [4.69, 9.17) is 17.3 Å². The number of nitrogens with two attached hydrogens (primary N) is 1. The predicted molar refractivity (Wildman–Crippen MR) is 75.0 cm³/mol. The van der Waals surface area contributed by atoms with Gasteiger partial charge in [0.25, 0.3) is 0 Å². The molecule has 0 aliphatic rings. The van der Waals surface area contributed by atoms with Crippen molar-refractivity contribution < 1.29 is 8.42 Å². The van der Waals surface area contributed by atoms with Crippen molar-refractivity contribution in [3.05, 3.63) is 34.9 Å². The van der Waals surface area contributed by atoms with Crippen LogP contribution >= 0.6 is 11.6 Å². The standard InChI is InChI=1S/C12H19ClN2O2S/c1-15(18(16,17)9-5-4-8-14)10-11-6-2-3-7-12(11)13/h2-3,6-7H,4-5,8-10,14H2,1H3. The zero-order valence-electron chi connectivity index (χ0n) is 10.5. The Hall–Kier alpha value is -0.620. The van der Waals surface area contributed by atoms with Crippen LogP contribution in [0.3, 0.4) is 0 Å². The van der Waals surface area contributed by atoms with Gasteiger partial charge < -0.3 is 5.73 Å². The number of hydrogen-bond donors (Lipinski definition) is 1. The van der Waals surface area contributed by atoms with E-state index in [0.717, 1.165) is 12.0 Å². The van der Waals surface area contributed by atoms with Gasteiger partial charge >= 0.3 is 0 Å². The minimum atomic E-state index is -3.23. The zero-order chi connectivity index (χ0) is 13.6. The maximum absolute atomic E-state index is 12.0. The molecule has 0 aliphatic carbocycles. The van der Waals surface area contributed by atoms with Gasteiger partial charge in [-0.25, -0.2) is 12.7 Å². The molecule has 102 valence electrons. The van der Waals surface area contributed by atoms with Crippen molar-refractivity contribution >= 4 is 21.6 Å². The molecule has 0 atom stereocenters. The molecule has 0 amide bonds. The van der Waals surface area contributed by atoms with Gasteiger partial charge in [0.15, 0.2) is 0 Å². The SMILES string of the molecule is CN(Cc1ccccc1Cl)S(=O)(=O)CCCCN. The first-order valence-electron chi connectivity index (χ1n) is 5.85. The van der Waals surface area contributed by atoms with Crippen LogP contribution in [0, 0.1) is 0 Å². The van der Waals surface area contributed by atoms with Crippen molar-refractivity contribution in [2.24, 2.45) is 5.73 Å². The molecule has 1 aromatic carbocycles. The van der Waals surface area contributed by atoms with E-state index in [1.807, 2.05) is 18.2 Å². The van der Waals surface area contributed by atoms with Crippen molar-refractivity contribution in [1.29, 1.82) is 0 Å². The van der Waals surface area contributed by atoms with Crippen molar-refractivity contribution in [2.45, 2.75) is 19.4 Å². The quantitative estimate of drug-likeness (QED) is 0.780. The van der Waals surface area contributed by atoms with E-state index in [1.54, 1.807) is 13.1 Å². The molecule has 0 aliphatic heterocycles. The first-order valence-corrected chi connectivity index (χ1v) is 7.83. The van der Waals surface area contributed by atoms with Crippen molar-refractivity contribution in [1.82, 2.24) is 4.31 Å².